The Labute approximate surface area is 154 Å². The maximum absolute atomic E-state index is 12.1. The number of amides is 1. The Balaban J connectivity index is 1.59. The molecule has 0 spiro atoms. The maximum Gasteiger partial charge on any atom is 0.237 e. The van der Waals surface area contributed by atoms with Crippen molar-refractivity contribution in [2.45, 2.75) is 38.1 Å². The molecule has 1 fully saturated rings. The van der Waals surface area contributed by atoms with Gasteiger partial charge in [-0.2, -0.15) is 5.26 Å². The zero-order chi connectivity index (χ0) is 18.3. The lowest BCUT2D eigenvalue weighted by Gasteiger charge is -2.46. The number of likely N-dealkylation sites (tertiary alicyclic amines) is 1. The molecule has 2 unspecified atom stereocenters. The lowest BCUT2D eigenvalue weighted by atomic mass is 9.71. The normalized spacial score (nSPS) is 26.1. The van der Waals surface area contributed by atoms with Crippen LogP contribution in [0.3, 0.4) is 0 Å². The second kappa shape index (κ2) is 6.77. The molecule has 5 nitrogen and oxygen atoms in total. The number of nitriles is 1. The fourth-order valence-electron chi connectivity index (χ4n) is 5.07. The quantitative estimate of drug-likeness (QED) is 0.891. The van der Waals surface area contributed by atoms with Gasteiger partial charge in [0.1, 0.15) is 5.92 Å². The van der Waals surface area contributed by atoms with Crippen LogP contribution in [0, 0.1) is 23.2 Å². The highest BCUT2D eigenvalue weighted by Gasteiger charge is 2.40. The lowest BCUT2D eigenvalue weighted by Crippen LogP contribution is -2.48. The Bertz CT molecular complexity index is 865. The second-order valence-electron chi connectivity index (χ2n) is 7.81. The minimum absolute atomic E-state index is 0.126. The highest BCUT2D eigenvalue weighted by Crippen LogP contribution is 2.45. The Kier molecular flexibility index (Phi) is 4.46. The van der Waals surface area contributed by atoms with Gasteiger partial charge in [-0.05, 0) is 56.3 Å². The fraction of sp³-hybridized carbons (Fsp3) is 0.524. The monoisotopic (exact) mass is 350 g/mol. The highest BCUT2D eigenvalue weighted by atomic mass is 16.1. The van der Waals surface area contributed by atoms with E-state index in [-0.39, 0.29) is 5.91 Å². The molecule has 4 rings (SSSR count). The Hall–Kier alpha value is -2.32. The molecule has 136 valence electrons. The first kappa shape index (κ1) is 17.1. The average molecular weight is 350 g/mol. The topological polar surface area (TPSA) is 71.9 Å². The molecule has 1 aliphatic carbocycles. The minimum Gasteiger partial charge on any atom is -0.361 e. The van der Waals surface area contributed by atoms with Gasteiger partial charge in [-0.25, -0.2) is 0 Å². The van der Waals surface area contributed by atoms with E-state index in [0.29, 0.717) is 30.8 Å². The van der Waals surface area contributed by atoms with Crippen LogP contribution in [0.15, 0.2) is 24.4 Å². The number of aromatic nitrogens is 1. The molecular weight excluding hydrogens is 324 g/mol. The van der Waals surface area contributed by atoms with E-state index in [9.17, 15) is 10.1 Å². The molecule has 0 radical (unpaired) electrons. The predicted octanol–water partition coefficient (Wildman–Crippen LogP) is 2.79. The summed E-state index contributed by atoms with van der Waals surface area (Å²) in [6, 6.07) is 9.27. The number of piperidine rings is 1. The van der Waals surface area contributed by atoms with Crippen molar-refractivity contribution < 1.29 is 4.79 Å². The van der Waals surface area contributed by atoms with E-state index < -0.39 is 5.92 Å². The molecule has 1 aromatic carbocycles. The van der Waals surface area contributed by atoms with E-state index in [4.69, 9.17) is 0 Å². The summed E-state index contributed by atoms with van der Waals surface area (Å²) in [5.74, 6) is 0.161. The van der Waals surface area contributed by atoms with Gasteiger partial charge in [0.25, 0.3) is 0 Å². The smallest absolute Gasteiger partial charge is 0.237 e. The molecular formula is C21H26N4O. The summed E-state index contributed by atoms with van der Waals surface area (Å²) in [5.41, 5.74) is 4.07. The van der Waals surface area contributed by atoms with E-state index in [2.05, 4.69) is 52.7 Å². The van der Waals surface area contributed by atoms with Crippen LogP contribution in [0.5, 0.6) is 0 Å². The number of hydrogen-bond acceptors (Lipinski definition) is 3. The van der Waals surface area contributed by atoms with Crippen LogP contribution in [0.2, 0.25) is 0 Å². The first-order valence-corrected chi connectivity index (χ1v) is 9.58. The summed E-state index contributed by atoms with van der Waals surface area (Å²) >= 11 is 0. The molecule has 2 heterocycles. The van der Waals surface area contributed by atoms with Crippen molar-refractivity contribution in [1.82, 2.24) is 15.2 Å². The zero-order valence-corrected chi connectivity index (χ0v) is 15.5. The molecule has 4 atom stereocenters. The third-order valence-electron chi connectivity index (χ3n) is 6.20. The highest BCUT2D eigenvalue weighted by molar-refractivity contribution is 5.88. The molecule has 1 saturated heterocycles. The van der Waals surface area contributed by atoms with Gasteiger partial charge in [-0.15, -0.1) is 0 Å². The molecule has 1 aromatic heterocycles. The number of aromatic amines is 1. The average Bonchev–Trinajstić information content (AvgIpc) is 3.05. The molecule has 5 heteroatoms. The minimum atomic E-state index is -0.549. The van der Waals surface area contributed by atoms with Gasteiger partial charge in [0.05, 0.1) is 6.07 Å². The second-order valence-corrected chi connectivity index (χ2v) is 7.81. The van der Waals surface area contributed by atoms with Crippen LogP contribution in [0.4, 0.5) is 0 Å². The fourth-order valence-corrected chi connectivity index (χ4v) is 5.07. The number of carbonyl (C=O) groups excluding carboxylic acids is 1. The van der Waals surface area contributed by atoms with Gasteiger partial charge < -0.3 is 15.2 Å². The van der Waals surface area contributed by atoms with E-state index in [1.165, 1.54) is 22.0 Å². The lowest BCUT2D eigenvalue weighted by molar-refractivity contribution is -0.123. The number of nitrogens with zero attached hydrogens (tertiary/aromatic N) is 2. The van der Waals surface area contributed by atoms with Gasteiger partial charge in [0.15, 0.2) is 0 Å². The van der Waals surface area contributed by atoms with Gasteiger partial charge in [0, 0.05) is 42.1 Å². The summed E-state index contributed by atoms with van der Waals surface area (Å²) in [6.45, 7) is 3.42. The molecule has 26 heavy (non-hydrogen) atoms. The van der Waals surface area contributed by atoms with Crippen LogP contribution in [0.25, 0.3) is 10.9 Å². The van der Waals surface area contributed by atoms with Gasteiger partial charge >= 0.3 is 0 Å². The maximum atomic E-state index is 12.1. The number of likely N-dealkylation sites (N-methyl/N-ethyl adjacent to an activating group) is 1. The van der Waals surface area contributed by atoms with Crippen molar-refractivity contribution in [3.8, 4) is 6.07 Å². The summed E-state index contributed by atoms with van der Waals surface area (Å²) in [6.07, 6.45) is 4.93. The summed E-state index contributed by atoms with van der Waals surface area (Å²) in [5, 5.41) is 13.6. The summed E-state index contributed by atoms with van der Waals surface area (Å²) in [4.78, 5) is 18.0. The Morgan fingerprint density at radius 2 is 2.35 bits per heavy atom. The summed E-state index contributed by atoms with van der Waals surface area (Å²) in [7, 11) is 2.19. The SMILES string of the molecule is CCNC(=O)C(C#N)C[C@H]1CC2c3cccc4[nH]cc(c34)C[C@H]2N(C)C1. The molecule has 2 aliphatic rings. The van der Waals surface area contributed by atoms with Crippen LogP contribution < -0.4 is 5.32 Å². The van der Waals surface area contributed by atoms with Crippen LogP contribution in [0.1, 0.15) is 36.8 Å². The van der Waals surface area contributed by atoms with Crippen molar-refractivity contribution in [2.75, 3.05) is 20.1 Å². The number of rotatable bonds is 4. The standard InChI is InChI=1S/C21H26N4O/c1-3-23-21(26)14(10-22)7-13-8-17-16-5-4-6-18-20(16)15(11-24-18)9-19(17)25(2)12-13/h4-6,11,13-14,17,19,24H,3,7-9,12H2,1-2H3,(H,23,26)/t13-,14?,17?,19+/m0/s1. The molecule has 0 saturated carbocycles. The number of H-pyrrole nitrogens is 1. The largest absolute Gasteiger partial charge is 0.361 e. The third kappa shape index (κ3) is 2.79. The number of hydrogen-bond donors (Lipinski definition) is 2. The van der Waals surface area contributed by atoms with Crippen LogP contribution in [-0.4, -0.2) is 42.0 Å². The first-order valence-electron chi connectivity index (χ1n) is 9.58. The van der Waals surface area contributed by atoms with Crippen LogP contribution >= 0.6 is 0 Å². The van der Waals surface area contributed by atoms with Gasteiger partial charge in [-0.3, -0.25) is 4.79 Å². The van der Waals surface area contributed by atoms with Crippen molar-refractivity contribution >= 4 is 16.8 Å². The molecule has 0 bridgehead atoms. The zero-order valence-electron chi connectivity index (χ0n) is 15.5. The number of carbonyl (C=O) groups is 1. The summed E-state index contributed by atoms with van der Waals surface area (Å²) < 4.78 is 0. The van der Waals surface area contributed by atoms with Gasteiger partial charge in [-0.1, -0.05) is 12.1 Å². The first-order chi connectivity index (χ1) is 12.6. The van der Waals surface area contributed by atoms with E-state index in [1.807, 2.05) is 6.92 Å². The molecule has 2 N–H and O–H groups in total. The third-order valence-corrected chi connectivity index (χ3v) is 6.20. The van der Waals surface area contributed by atoms with Crippen molar-refractivity contribution in [2.24, 2.45) is 11.8 Å². The van der Waals surface area contributed by atoms with E-state index in [1.54, 1.807) is 0 Å². The number of nitrogens with one attached hydrogen (secondary N) is 2. The van der Waals surface area contributed by atoms with Gasteiger partial charge in [0.2, 0.25) is 5.91 Å². The Morgan fingerprint density at radius 1 is 1.50 bits per heavy atom. The van der Waals surface area contributed by atoms with Crippen molar-refractivity contribution in [3.63, 3.8) is 0 Å². The van der Waals surface area contributed by atoms with Crippen LogP contribution in [-0.2, 0) is 11.2 Å². The van der Waals surface area contributed by atoms with E-state index >= 15 is 0 Å². The predicted molar refractivity (Wildman–Crippen MR) is 102 cm³/mol. The van der Waals surface area contributed by atoms with E-state index in [0.717, 1.165) is 19.4 Å². The molecule has 1 amide bonds. The number of fused-ring (bicyclic) bond motifs is 2. The number of benzene rings is 1. The van der Waals surface area contributed by atoms with Crippen molar-refractivity contribution in [3.05, 3.63) is 35.5 Å². The molecule has 1 aliphatic heterocycles. The molecule has 2 aromatic rings. The Morgan fingerprint density at radius 3 is 3.12 bits per heavy atom. The van der Waals surface area contributed by atoms with Crippen molar-refractivity contribution in [1.29, 1.82) is 5.26 Å².